The summed E-state index contributed by atoms with van der Waals surface area (Å²) in [4.78, 5) is 14.5. The van der Waals surface area contributed by atoms with Crippen LogP contribution in [0.4, 0.5) is 10.5 Å². The zero-order valence-electron chi connectivity index (χ0n) is 15.0. The first-order valence-electron chi connectivity index (χ1n) is 9.09. The van der Waals surface area contributed by atoms with Crippen molar-refractivity contribution in [2.45, 2.75) is 12.6 Å². The Morgan fingerprint density at radius 2 is 1.96 bits per heavy atom. The highest BCUT2D eigenvalue weighted by atomic mass is 16.7. The lowest BCUT2D eigenvalue weighted by atomic mass is 10.2. The second-order valence-corrected chi connectivity index (χ2v) is 6.62. The van der Waals surface area contributed by atoms with E-state index in [0.29, 0.717) is 30.3 Å². The molecule has 27 heavy (non-hydrogen) atoms. The van der Waals surface area contributed by atoms with Gasteiger partial charge in [-0.05, 0) is 17.7 Å². The number of carbonyl (C=O) groups is 1. The lowest BCUT2D eigenvalue weighted by Gasteiger charge is -2.33. The van der Waals surface area contributed by atoms with Crippen LogP contribution in [0.1, 0.15) is 5.56 Å². The minimum Gasteiger partial charge on any atom is -0.454 e. The summed E-state index contributed by atoms with van der Waals surface area (Å²) in [6, 6.07) is 15.4. The third-order valence-electron chi connectivity index (χ3n) is 4.59. The van der Waals surface area contributed by atoms with Crippen molar-refractivity contribution in [1.29, 1.82) is 0 Å². The van der Waals surface area contributed by atoms with Crippen LogP contribution in [0.25, 0.3) is 0 Å². The Labute approximate surface area is 158 Å². The van der Waals surface area contributed by atoms with Crippen molar-refractivity contribution < 1.29 is 19.0 Å². The van der Waals surface area contributed by atoms with Crippen LogP contribution in [0.3, 0.4) is 0 Å². The van der Waals surface area contributed by atoms with Gasteiger partial charge in [0.05, 0.1) is 12.7 Å². The van der Waals surface area contributed by atoms with E-state index in [1.165, 1.54) is 5.56 Å². The molecule has 0 unspecified atom stereocenters. The van der Waals surface area contributed by atoms with E-state index >= 15 is 0 Å². The zero-order chi connectivity index (χ0) is 18.5. The standard InChI is InChI=1S/C20H23N3O4/c24-20(22-16-6-7-18-19(10-16)27-14-26-18)21-11-17-13-23(8-9-25-17)12-15-4-2-1-3-5-15/h1-7,10,17H,8-9,11-14H2,(H2,21,22,24)/t17-/m0/s1. The normalized spacial score (nSPS) is 18.9. The minimum absolute atomic E-state index is 0.0232. The molecule has 0 aromatic heterocycles. The van der Waals surface area contributed by atoms with E-state index in [9.17, 15) is 4.79 Å². The van der Waals surface area contributed by atoms with Gasteiger partial charge in [-0.15, -0.1) is 0 Å². The number of nitrogens with one attached hydrogen (secondary N) is 2. The molecule has 1 saturated heterocycles. The minimum atomic E-state index is -0.266. The molecule has 7 nitrogen and oxygen atoms in total. The molecule has 0 spiro atoms. The predicted octanol–water partition coefficient (Wildman–Crippen LogP) is 2.44. The molecule has 7 heteroatoms. The number of carbonyl (C=O) groups excluding carboxylic acids is 1. The van der Waals surface area contributed by atoms with Crippen LogP contribution in [-0.2, 0) is 11.3 Å². The van der Waals surface area contributed by atoms with E-state index in [2.05, 4.69) is 39.8 Å². The Kier molecular flexibility index (Phi) is 5.41. The third-order valence-corrected chi connectivity index (χ3v) is 4.59. The molecular weight excluding hydrogens is 346 g/mol. The van der Waals surface area contributed by atoms with Crippen LogP contribution in [-0.4, -0.2) is 50.1 Å². The number of benzene rings is 2. The average molecular weight is 369 g/mol. The van der Waals surface area contributed by atoms with Crippen molar-refractivity contribution in [3.63, 3.8) is 0 Å². The molecule has 2 aromatic rings. The van der Waals surface area contributed by atoms with Crippen LogP contribution >= 0.6 is 0 Å². The summed E-state index contributed by atoms with van der Waals surface area (Å²) in [7, 11) is 0. The molecule has 2 aliphatic rings. The van der Waals surface area contributed by atoms with E-state index < -0.39 is 0 Å². The largest absolute Gasteiger partial charge is 0.454 e. The summed E-state index contributed by atoms with van der Waals surface area (Å²) < 4.78 is 16.4. The number of morpholine rings is 1. The maximum atomic E-state index is 12.2. The highest BCUT2D eigenvalue weighted by Crippen LogP contribution is 2.34. The third kappa shape index (κ3) is 4.69. The molecule has 4 rings (SSSR count). The van der Waals surface area contributed by atoms with Crippen LogP contribution in [0.5, 0.6) is 11.5 Å². The van der Waals surface area contributed by atoms with Gasteiger partial charge in [0.1, 0.15) is 0 Å². The number of ether oxygens (including phenoxy) is 3. The molecule has 0 radical (unpaired) electrons. The molecule has 2 heterocycles. The molecule has 142 valence electrons. The van der Waals surface area contributed by atoms with Gasteiger partial charge in [-0.25, -0.2) is 4.79 Å². The van der Waals surface area contributed by atoms with Crippen molar-refractivity contribution in [2.75, 3.05) is 38.4 Å². The van der Waals surface area contributed by atoms with E-state index in [4.69, 9.17) is 14.2 Å². The smallest absolute Gasteiger partial charge is 0.319 e. The Morgan fingerprint density at radius 1 is 1.11 bits per heavy atom. The molecule has 1 atom stereocenters. The van der Waals surface area contributed by atoms with Gasteiger partial charge < -0.3 is 24.8 Å². The SMILES string of the molecule is O=C(NC[C@H]1CN(Cc2ccccc2)CCO1)Nc1ccc2c(c1)OCO2. The molecular formula is C20H23N3O4. The fraction of sp³-hybridized carbons (Fsp3) is 0.350. The first kappa shape index (κ1) is 17.6. The van der Waals surface area contributed by atoms with Gasteiger partial charge in [-0.3, -0.25) is 4.90 Å². The van der Waals surface area contributed by atoms with Gasteiger partial charge in [0.25, 0.3) is 0 Å². The van der Waals surface area contributed by atoms with Gasteiger partial charge >= 0.3 is 6.03 Å². The number of hydrogen-bond donors (Lipinski definition) is 2. The number of amides is 2. The molecule has 2 aliphatic heterocycles. The molecule has 2 aromatic carbocycles. The van der Waals surface area contributed by atoms with Crippen LogP contribution < -0.4 is 20.1 Å². The van der Waals surface area contributed by atoms with Gasteiger partial charge in [-0.1, -0.05) is 30.3 Å². The second-order valence-electron chi connectivity index (χ2n) is 6.62. The molecule has 0 aliphatic carbocycles. The van der Waals surface area contributed by atoms with Gasteiger partial charge in [0.2, 0.25) is 6.79 Å². The topological polar surface area (TPSA) is 72.1 Å². The number of rotatable bonds is 5. The van der Waals surface area contributed by atoms with Crippen molar-refractivity contribution in [2.24, 2.45) is 0 Å². The summed E-state index contributed by atoms with van der Waals surface area (Å²) >= 11 is 0. The van der Waals surface area contributed by atoms with E-state index in [-0.39, 0.29) is 18.9 Å². The monoisotopic (exact) mass is 369 g/mol. The fourth-order valence-electron chi connectivity index (χ4n) is 3.25. The highest BCUT2D eigenvalue weighted by Gasteiger charge is 2.21. The molecule has 0 saturated carbocycles. The predicted molar refractivity (Wildman–Crippen MR) is 101 cm³/mol. The van der Waals surface area contributed by atoms with E-state index in [1.807, 2.05) is 6.07 Å². The number of fused-ring (bicyclic) bond motifs is 1. The molecule has 2 amide bonds. The maximum absolute atomic E-state index is 12.2. The Morgan fingerprint density at radius 3 is 2.85 bits per heavy atom. The summed E-state index contributed by atoms with van der Waals surface area (Å²) in [6.07, 6.45) is -0.0232. The molecule has 1 fully saturated rings. The number of urea groups is 1. The van der Waals surface area contributed by atoms with Gasteiger partial charge in [0.15, 0.2) is 11.5 Å². The van der Waals surface area contributed by atoms with Gasteiger partial charge in [0, 0.05) is 37.9 Å². The van der Waals surface area contributed by atoms with E-state index in [1.54, 1.807) is 18.2 Å². The summed E-state index contributed by atoms with van der Waals surface area (Å²) in [5, 5.41) is 5.69. The highest BCUT2D eigenvalue weighted by molar-refractivity contribution is 5.89. The quantitative estimate of drug-likeness (QED) is 0.847. The fourth-order valence-corrected chi connectivity index (χ4v) is 3.25. The first-order valence-corrected chi connectivity index (χ1v) is 9.09. The molecule has 2 N–H and O–H groups in total. The zero-order valence-corrected chi connectivity index (χ0v) is 15.0. The number of hydrogen-bond acceptors (Lipinski definition) is 5. The molecule has 0 bridgehead atoms. The van der Waals surface area contributed by atoms with Crippen LogP contribution in [0.2, 0.25) is 0 Å². The average Bonchev–Trinajstić information content (AvgIpc) is 3.15. The first-order chi connectivity index (χ1) is 13.3. The Balaban J connectivity index is 1.23. The van der Waals surface area contributed by atoms with Crippen molar-refractivity contribution in [1.82, 2.24) is 10.2 Å². The lowest BCUT2D eigenvalue weighted by molar-refractivity contribution is -0.0285. The van der Waals surface area contributed by atoms with Crippen molar-refractivity contribution in [3.8, 4) is 11.5 Å². The summed E-state index contributed by atoms with van der Waals surface area (Å²) in [5.74, 6) is 1.33. The van der Waals surface area contributed by atoms with Crippen molar-refractivity contribution >= 4 is 11.7 Å². The second kappa shape index (κ2) is 8.28. The number of anilines is 1. The van der Waals surface area contributed by atoms with E-state index in [0.717, 1.165) is 19.6 Å². The van der Waals surface area contributed by atoms with Gasteiger partial charge in [-0.2, -0.15) is 0 Å². The maximum Gasteiger partial charge on any atom is 0.319 e. The Bertz CT molecular complexity index is 784. The van der Waals surface area contributed by atoms with Crippen LogP contribution in [0, 0.1) is 0 Å². The summed E-state index contributed by atoms with van der Waals surface area (Å²) in [6.45, 7) is 3.92. The Hall–Kier alpha value is -2.77. The lowest BCUT2D eigenvalue weighted by Crippen LogP contribution is -2.47. The number of nitrogens with zero attached hydrogens (tertiary/aromatic N) is 1. The van der Waals surface area contributed by atoms with Crippen molar-refractivity contribution in [3.05, 3.63) is 54.1 Å². The van der Waals surface area contributed by atoms with Crippen LogP contribution in [0.15, 0.2) is 48.5 Å². The summed E-state index contributed by atoms with van der Waals surface area (Å²) in [5.41, 5.74) is 1.94.